The van der Waals surface area contributed by atoms with Crippen molar-refractivity contribution in [1.29, 1.82) is 0 Å². The maximum absolute atomic E-state index is 13.1. The van der Waals surface area contributed by atoms with Gasteiger partial charge in [0.1, 0.15) is 0 Å². The van der Waals surface area contributed by atoms with E-state index < -0.39 is 11.6 Å². The quantitative estimate of drug-likeness (QED) is 0.663. The summed E-state index contributed by atoms with van der Waals surface area (Å²) in [5.41, 5.74) is 4.38. The smallest absolute Gasteiger partial charge is 0.159 e. The van der Waals surface area contributed by atoms with E-state index in [1.807, 2.05) is 10.8 Å². The Morgan fingerprint density at radius 1 is 1.28 bits per heavy atom. The molecule has 0 fully saturated rings. The van der Waals surface area contributed by atoms with E-state index in [1.54, 1.807) is 17.4 Å². The van der Waals surface area contributed by atoms with E-state index >= 15 is 0 Å². The number of halogens is 3. The second-order valence-electron chi connectivity index (χ2n) is 3.85. The van der Waals surface area contributed by atoms with Crippen LogP contribution < -0.4 is 11.3 Å². The lowest BCUT2D eigenvalue weighted by Gasteiger charge is -2.15. The SMILES string of the molecule is NNC(Cc1ccc(F)c(F)c1)c1cscc1Br. The molecule has 1 aromatic carbocycles. The molecule has 2 nitrogen and oxygen atoms in total. The number of hydrazine groups is 1. The third kappa shape index (κ3) is 2.95. The zero-order valence-electron chi connectivity index (χ0n) is 9.29. The third-order valence-corrected chi connectivity index (χ3v) is 4.39. The predicted molar refractivity (Wildman–Crippen MR) is 72.1 cm³/mol. The van der Waals surface area contributed by atoms with Crippen LogP contribution in [0.2, 0.25) is 0 Å². The lowest BCUT2D eigenvalue weighted by atomic mass is 10.0. The van der Waals surface area contributed by atoms with Gasteiger partial charge in [0.15, 0.2) is 11.6 Å². The molecule has 3 N–H and O–H groups in total. The van der Waals surface area contributed by atoms with Gasteiger partial charge < -0.3 is 0 Å². The van der Waals surface area contributed by atoms with Crippen molar-refractivity contribution in [2.45, 2.75) is 12.5 Å². The molecule has 0 spiro atoms. The maximum Gasteiger partial charge on any atom is 0.159 e. The second kappa shape index (κ2) is 5.88. The summed E-state index contributed by atoms with van der Waals surface area (Å²) < 4.78 is 26.9. The Hall–Kier alpha value is -0.820. The molecule has 2 aromatic rings. The van der Waals surface area contributed by atoms with Crippen molar-refractivity contribution >= 4 is 27.3 Å². The van der Waals surface area contributed by atoms with Crippen LogP contribution in [0.4, 0.5) is 8.78 Å². The van der Waals surface area contributed by atoms with Crippen molar-refractivity contribution in [2.24, 2.45) is 5.84 Å². The Morgan fingerprint density at radius 2 is 2.06 bits per heavy atom. The van der Waals surface area contributed by atoms with E-state index in [2.05, 4.69) is 21.4 Å². The number of hydrogen-bond donors (Lipinski definition) is 2. The summed E-state index contributed by atoms with van der Waals surface area (Å²) in [6, 6.07) is 3.74. The van der Waals surface area contributed by atoms with Crippen LogP contribution in [0.5, 0.6) is 0 Å². The normalized spacial score (nSPS) is 12.7. The molecule has 1 atom stereocenters. The Kier molecular flexibility index (Phi) is 4.45. The van der Waals surface area contributed by atoms with Crippen LogP contribution in [0.25, 0.3) is 0 Å². The van der Waals surface area contributed by atoms with E-state index in [-0.39, 0.29) is 6.04 Å². The van der Waals surface area contributed by atoms with Gasteiger partial charge in [-0.15, -0.1) is 0 Å². The molecule has 18 heavy (non-hydrogen) atoms. The topological polar surface area (TPSA) is 38.0 Å². The average molecular weight is 333 g/mol. The molecule has 0 saturated heterocycles. The van der Waals surface area contributed by atoms with Crippen molar-refractivity contribution in [1.82, 2.24) is 5.43 Å². The Morgan fingerprint density at radius 3 is 2.61 bits per heavy atom. The maximum atomic E-state index is 13.1. The van der Waals surface area contributed by atoms with Gasteiger partial charge in [0.2, 0.25) is 0 Å². The van der Waals surface area contributed by atoms with Crippen LogP contribution in [-0.4, -0.2) is 0 Å². The molecule has 1 aromatic heterocycles. The van der Waals surface area contributed by atoms with Gasteiger partial charge in [-0.2, -0.15) is 11.3 Å². The van der Waals surface area contributed by atoms with E-state index in [4.69, 9.17) is 5.84 Å². The Labute approximate surface area is 116 Å². The monoisotopic (exact) mass is 332 g/mol. The van der Waals surface area contributed by atoms with Crippen molar-refractivity contribution in [3.63, 3.8) is 0 Å². The van der Waals surface area contributed by atoms with Crippen LogP contribution >= 0.6 is 27.3 Å². The zero-order chi connectivity index (χ0) is 13.1. The lowest BCUT2D eigenvalue weighted by Crippen LogP contribution is -2.29. The van der Waals surface area contributed by atoms with Crippen molar-refractivity contribution < 1.29 is 8.78 Å². The standard InChI is InChI=1S/C12H11BrF2N2S/c13-9-6-18-5-8(9)12(17-16)4-7-1-2-10(14)11(15)3-7/h1-3,5-6,12,17H,4,16H2. The summed E-state index contributed by atoms with van der Waals surface area (Å²) in [7, 11) is 0. The van der Waals surface area contributed by atoms with Gasteiger partial charge in [-0.25, -0.2) is 8.78 Å². The summed E-state index contributed by atoms with van der Waals surface area (Å²) >= 11 is 4.98. The summed E-state index contributed by atoms with van der Waals surface area (Å²) in [5.74, 6) is 3.83. The number of nitrogens with two attached hydrogens (primary N) is 1. The summed E-state index contributed by atoms with van der Waals surface area (Å²) in [6.45, 7) is 0. The number of hydrogen-bond acceptors (Lipinski definition) is 3. The predicted octanol–water partition coefficient (Wildman–Crippen LogP) is 3.54. The van der Waals surface area contributed by atoms with E-state index in [9.17, 15) is 8.78 Å². The highest BCUT2D eigenvalue weighted by molar-refractivity contribution is 9.10. The molecule has 6 heteroatoms. The summed E-state index contributed by atoms with van der Waals surface area (Å²) in [5, 5.41) is 3.92. The summed E-state index contributed by atoms with van der Waals surface area (Å²) in [6.07, 6.45) is 0.489. The fourth-order valence-electron chi connectivity index (χ4n) is 1.70. The molecule has 0 aliphatic carbocycles. The lowest BCUT2D eigenvalue weighted by molar-refractivity contribution is 0.502. The molecule has 2 rings (SSSR count). The molecule has 0 amide bonds. The zero-order valence-corrected chi connectivity index (χ0v) is 11.7. The molecule has 96 valence electrons. The summed E-state index contributed by atoms with van der Waals surface area (Å²) in [4.78, 5) is 0. The van der Waals surface area contributed by atoms with Crippen molar-refractivity contribution in [3.8, 4) is 0 Å². The van der Waals surface area contributed by atoms with Crippen LogP contribution in [0.15, 0.2) is 33.4 Å². The fraction of sp³-hybridized carbons (Fsp3) is 0.167. The largest absolute Gasteiger partial charge is 0.271 e. The average Bonchev–Trinajstić information content (AvgIpc) is 2.77. The first-order valence-corrected chi connectivity index (χ1v) is 6.97. The highest BCUT2D eigenvalue weighted by atomic mass is 79.9. The van der Waals surface area contributed by atoms with Gasteiger partial charge in [-0.3, -0.25) is 11.3 Å². The minimum atomic E-state index is -0.840. The van der Waals surface area contributed by atoms with Crippen LogP contribution in [0.3, 0.4) is 0 Å². The van der Waals surface area contributed by atoms with Crippen LogP contribution in [-0.2, 0) is 6.42 Å². The Bertz CT molecular complexity index is 545. The van der Waals surface area contributed by atoms with Crippen molar-refractivity contribution in [3.05, 3.63) is 56.2 Å². The van der Waals surface area contributed by atoms with Crippen molar-refractivity contribution in [2.75, 3.05) is 0 Å². The van der Waals surface area contributed by atoms with E-state index in [1.165, 1.54) is 6.07 Å². The van der Waals surface area contributed by atoms with E-state index in [0.717, 1.165) is 16.1 Å². The van der Waals surface area contributed by atoms with Gasteiger partial charge >= 0.3 is 0 Å². The molecule has 0 saturated carbocycles. The van der Waals surface area contributed by atoms with Gasteiger partial charge in [0.05, 0.1) is 6.04 Å². The van der Waals surface area contributed by atoms with Gasteiger partial charge in [0, 0.05) is 9.85 Å². The molecule has 1 unspecified atom stereocenters. The molecule has 0 radical (unpaired) electrons. The molecular formula is C12H11BrF2N2S. The van der Waals surface area contributed by atoms with Gasteiger partial charge in [0.25, 0.3) is 0 Å². The minimum absolute atomic E-state index is 0.143. The second-order valence-corrected chi connectivity index (χ2v) is 5.44. The highest BCUT2D eigenvalue weighted by Gasteiger charge is 2.15. The third-order valence-electron chi connectivity index (χ3n) is 2.64. The molecule has 0 aliphatic rings. The number of benzene rings is 1. The first-order valence-electron chi connectivity index (χ1n) is 5.23. The van der Waals surface area contributed by atoms with Gasteiger partial charge in [-0.05, 0) is 51.0 Å². The first kappa shape index (κ1) is 13.6. The number of thiophene rings is 1. The van der Waals surface area contributed by atoms with Crippen LogP contribution in [0, 0.1) is 11.6 Å². The number of rotatable bonds is 4. The fourth-order valence-corrected chi connectivity index (χ4v) is 3.33. The van der Waals surface area contributed by atoms with E-state index in [0.29, 0.717) is 12.0 Å². The molecule has 0 bridgehead atoms. The molecular weight excluding hydrogens is 322 g/mol. The van der Waals surface area contributed by atoms with Crippen LogP contribution in [0.1, 0.15) is 17.2 Å². The Balaban J connectivity index is 2.20. The van der Waals surface area contributed by atoms with Gasteiger partial charge in [-0.1, -0.05) is 6.07 Å². The minimum Gasteiger partial charge on any atom is -0.271 e. The number of nitrogens with one attached hydrogen (secondary N) is 1. The molecule has 0 aliphatic heterocycles. The highest BCUT2D eigenvalue weighted by Crippen LogP contribution is 2.29. The molecule has 1 heterocycles. The first-order chi connectivity index (χ1) is 8.61.